The predicted octanol–water partition coefficient (Wildman–Crippen LogP) is 3.35. The summed E-state index contributed by atoms with van der Waals surface area (Å²) in [6, 6.07) is 12.0. The van der Waals surface area contributed by atoms with Crippen molar-refractivity contribution < 1.29 is 4.79 Å². The third kappa shape index (κ3) is 3.43. The van der Waals surface area contributed by atoms with E-state index < -0.39 is 0 Å². The van der Waals surface area contributed by atoms with Gasteiger partial charge in [-0.2, -0.15) is 0 Å². The van der Waals surface area contributed by atoms with Crippen molar-refractivity contribution in [3.05, 3.63) is 70.9 Å². The lowest BCUT2D eigenvalue weighted by Crippen LogP contribution is -2.27. The molecule has 4 nitrogen and oxygen atoms in total. The molecular formula is C17H17N3OS. The van der Waals surface area contributed by atoms with Crippen LogP contribution in [0, 0.1) is 0 Å². The van der Waals surface area contributed by atoms with Gasteiger partial charge in [-0.3, -0.25) is 4.79 Å². The summed E-state index contributed by atoms with van der Waals surface area (Å²) in [5.41, 5.74) is 2.11. The Labute approximate surface area is 133 Å². The number of aromatic nitrogens is 2. The quantitative estimate of drug-likeness (QED) is 0.785. The molecule has 1 aromatic carbocycles. The Bertz CT molecular complexity index is 735. The summed E-state index contributed by atoms with van der Waals surface area (Å²) in [4.78, 5) is 17.2. The minimum atomic E-state index is -0.0315. The van der Waals surface area contributed by atoms with Gasteiger partial charge < -0.3 is 9.88 Å². The predicted molar refractivity (Wildman–Crippen MR) is 88.1 cm³/mol. The molecule has 0 bridgehead atoms. The highest BCUT2D eigenvalue weighted by Gasteiger charge is 2.11. The summed E-state index contributed by atoms with van der Waals surface area (Å²) in [6.45, 7) is 2.00. The standard InChI is InChI=1S/C17H17N3OS/c1-13(19-17(21)11-16-6-3-9-22-16)14-4-2-5-15(10-14)20-8-7-18-12-20/h2-10,12-13H,11H2,1H3,(H,19,21)/t13-/m0/s1. The van der Waals surface area contributed by atoms with E-state index in [-0.39, 0.29) is 11.9 Å². The van der Waals surface area contributed by atoms with E-state index in [4.69, 9.17) is 0 Å². The fraction of sp³-hybridized carbons (Fsp3) is 0.176. The molecule has 1 amide bonds. The zero-order valence-electron chi connectivity index (χ0n) is 12.3. The molecule has 5 heteroatoms. The molecule has 0 fully saturated rings. The molecule has 1 N–H and O–H groups in total. The molecule has 3 aromatic rings. The molecule has 0 saturated heterocycles. The second-order valence-corrected chi connectivity index (χ2v) is 6.14. The van der Waals surface area contributed by atoms with Gasteiger partial charge in [0.2, 0.25) is 5.91 Å². The van der Waals surface area contributed by atoms with Gasteiger partial charge in [-0.05, 0) is 36.1 Å². The molecule has 0 radical (unpaired) electrons. The van der Waals surface area contributed by atoms with Crippen molar-refractivity contribution in [1.82, 2.24) is 14.9 Å². The first-order chi connectivity index (χ1) is 10.7. The molecule has 0 aliphatic heterocycles. The van der Waals surface area contributed by atoms with Crippen molar-refractivity contribution in [2.45, 2.75) is 19.4 Å². The first kappa shape index (κ1) is 14.5. The third-order valence-electron chi connectivity index (χ3n) is 3.47. The van der Waals surface area contributed by atoms with Gasteiger partial charge in [-0.15, -0.1) is 11.3 Å². The van der Waals surface area contributed by atoms with E-state index in [2.05, 4.69) is 16.4 Å². The number of imidazole rings is 1. The lowest BCUT2D eigenvalue weighted by molar-refractivity contribution is -0.121. The van der Waals surface area contributed by atoms with Crippen LogP contribution in [0.25, 0.3) is 5.69 Å². The SMILES string of the molecule is C[C@H](NC(=O)Cc1cccs1)c1cccc(-n2ccnc2)c1. The van der Waals surface area contributed by atoms with Gasteiger partial charge in [-0.25, -0.2) is 4.98 Å². The molecule has 2 heterocycles. The molecule has 22 heavy (non-hydrogen) atoms. The minimum absolute atomic E-state index is 0.0315. The fourth-order valence-electron chi connectivity index (χ4n) is 2.31. The molecule has 0 aliphatic carbocycles. The number of rotatable bonds is 5. The van der Waals surface area contributed by atoms with Crippen LogP contribution in [0.3, 0.4) is 0 Å². The molecule has 0 spiro atoms. The number of carbonyl (C=O) groups is 1. The Kier molecular flexibility index (Phi) is 4.34. The zero-order chi connectivity index (χ0) is 15.4. The van der Waals surface area contributed by atoms with Gasteiger partial charge in [0.05, 0.1) is 18.8 Å². The maximum absolute atomic E-state index is 12.1. The number of nitrogens with zero attached hydrogens (tertiary/aromatic N) is 2. The van der Waals surface area contributed by atoms with Crippen LogP contribution in [-0.4, -0.2) is 15.5 Å². The topological polar surface area (TPSA) is 46.9 Å². The van der Waals surface area contributed by atoms with Gasteiger partial charge in [0.1, 0.15) is 0 Å². The maximum atomic E-state index is 12.1. The second kappa shape index (κ2) is 6.58. The molecule has 0 saturated carbocycles. The first-order valence-electron chi connectivity index (χ1n) is 7.12. The average molecular weight is 311 g/mol. The van der Waals surface area contributed by atoms with E-state index in [0.29, 0.717) is 6.42 Å². The van der Waals surface area contributed by atoms with Crippen LogP contribution in [-0.2, 0) is 11.2 Å². The molecule has 112 valence electrons. The van der Waals surface area contributed by atoms with Gasteiger partial charge >= 0.3 is 0 Å². The van der Waals surface area contributed by atoms with E-state index in [1.54, 1.807) is 23.9 Å². The van der Waals surface area contributed by atoms with E-state index in [1.165, 1.54) is 0 Å². The lowest BCUT2D eigenvalue weighted by Gasteiger charge is -2.15. The molecular weight excluding hydrogens is 294 g/mol. The van der Waals surface area contributed by atoms with Crippen LogP contribution in [0.5, 0.6) is 0 Å². The number of amides is 1. The molecule has 0 unspecified atom stereocenters. The van der Waals surface area contributed by atoms with Crippen molar-refractivity contribution in [2.24, 2.45) is 0 Å². The number of thiophene rings is 1. The number of hydrogen-bond donors (Lipinski definition) is 1. The summed E-state index contributed by atoms with van der Waals surface area (Å²) >= 11 is 1.60. The molecule has 2 aromatic heterocycles. The highest BCUT2D eigenvalue weighted by molar-refractivity contribution is 7.10. The Hall–Kier alpha value is -2.40. The smallest absolute Gasteiger partial charge is 0.225 e. The Morgan fingerprint density at radius 1 is 1.36 bits per heavy atom. The van der Waals surface area contributed by atoms with Crippen molar-refractivity contribution in [2.75, 3.05) is 0 Å². The molecule has 1 atom stereocenters. The third-order valence-corrected chi connectivity index (χ3v) is 4.34. The van der Waals surface area contributed by atoms with Crippen molar-refractivity contribution in [3.8, 4) is 5.69 Å². The molecule has 3 rings (SSSR count). The lowest BCUT2D eigenvalue weighted by atomic mass is 10.1. The van der Waals surface area contributed by atoms with Crippen molar-refractivity contribution in [1.29, 1.82) is 0 Å². The Balaban J connectivity index is 1.68. The van der Waals surface area contributed by atoms with Gasteiger partial charge in [0.15, 0.2) is 0 Å². The van der Waals surface area contributed by atoms with Crippen LogP contribution in [0.1, 0.15) is 23.4 Å². The number of carbonyl (C=O) groups excluding carboxylic acids is 1. The van der Waals surface area contributed by atoms with Gasteiger partial charge in [0.25, 0.3) is 0 Å². The van der Waals surface area contributed by atoms with E-state index in [1.807, 2.05) is 53.4 Å². The number of nitrogens with one attached hydrogen (secondary N) is 1. The van der Waals surface area contributed by atoms with Crippen LogP contribution < -0.4 is 5.32 Å². The summed E-state index contributed by atoms with van der Waals surface area (Å²) in [5, 5.41) is 5.04. The minimum Gasteiger partial charge on any atom is -0.349 e. The van der Waals surface area contributed by atoms with Crippen molar-refractivity contribution in [3.63, 3.8) is 0 Å². The normalized spacial score (nSPS) is 12.0. The van der Waals surface area contributed by atoms with Crippen LogP contribution in [0.4, 0.5) is 0 Å². The average Bonchev–Trinajstić information content (AvgIpc) is 3.20. The van der Waals surface area contributed by atoms with Gasteiger partial charge in [-0.1, -0.05) is 18.2 Å². The summed E-state index contributed by atoms with van der Waals surface area (Å²) < 4.78 is 1.95. The Morgan fingerprint density at radius 3 is 3.00 bits per heavy atom. The second-order valence-electron chi connectivity index (χ2n) is 5.11. The Morgan fingerprint density at radius 2 is 2.27 bits per heavy atom. The summed E-state index contributed by atoms with van der Waals surface area (Å²) in [6.07, 6.45) is 5.85. The van der Waals surface area contributed by atoms with E-state index in [0.717, 1.165) is 16.1 Å². The van der Waals surface area contributed by atoms with E-state index in [9.17, 15) is 4.79 Å². The van der Waals surface area contributed by atoms with Gasteiger partial charge in [0, 0.05) is 23.0 Å². The zero-order valence-corrected chi connectivity index (χ0v) is 13.1. The largest absolute Gasteiger partial charge is 0.349 e. The maximum Gasteiger partial charge on any atom is 0.225 e. The highest BCUT2D eigenvalue weighted by atomic mass is 32.1. The molecule has 0 aliphatic rings. The first-order valence-corrected chi connectivity index (χ1v) is 8.00. The highest BCUT2D eigenvalue weighted by Crippen LogP contribution is 2.17. The van der Waals surface area contributed by atoms with Crippen LogP contribution in [0.2, 0.25) is 0 Å². The van der Waals surface area contributed by atoms with E-state index >= 15 is 0 Å². The summed E-state index contributed by atoms with van der Waals surface area (Å²) in [5.74, 6) is 0.0444. The monoisotopic (exact) mass is 311 g/mol. The van der Waals surface area contributed by atoms with Crippen molar-refractivity contribution >= 4 is 17.2 Å². The fourth-order valence-corrected chi connectivity index (χ4v) is 3.02. The number of hydrogen-bond acceptors (Lipinski definition) is 3. The van der Waals surface area contributed by atoms with Crippen LogP contribution >= 0.6 is 11.3 Å². The number of benzene rings is 1. The van der Waals surface area contributed by atoms with Crippen LogP contribution in [0.15, 0.2) is 60.5 Å². The summed E-state index contributed by atoms with van der Waals surface area (Å²) in [7, 11) is 0.